The number of nitrogens with one attached hydrogen (secondary N) is 2. The number of hydrogen-bond donors (Lipinski definition) is 2. The lowest BCUT2D eigenvalue weighted by Crippen LogP contribution is -2.52. The Morgan fingerprint density at radius 2 is 2.21 bits per heavy atom. The van der Waals surface area contributed by atoms with E-state index < -0.39 is 5.54 Å². The van der Waals surface area contributed by atoms with Crippen molar-refractivity contribution in [1.29, 1.82) is 5.26 Å². The standard InChI is InChI=1S/C19H25N7O2/c1-13-7-16-21-9-14(11-26(16)24-13)18(28)22-12-19(2,3)23-10-17(27)25-6-4-5-15(25)8-20/h7,9,11,15,23H,4-6,10,12H2,1-3H3,(H,22,28)/t15-/m1/s1. The highest BCUT2D eigenvalue weighted by molar-refractivity contribution is 5.93. The Labute approximate surface area is 163 Å². The van der Waals surface area contributed by atoms with Crippen molar-refractivity contribution in [3.8, 4) is 6.07 Å². The van der Waals surface area contributed by atoms with Gasteiger partial charge in [-0.3, -0.25) is 9.59 Å². The smallest absolute Gasteiger partial charge is 0.254 e. The van der Waals surface area contributed by atoms with Crippen LogP contribution in [0.1, 0.15) is 42.7 Å². The molecular weight excluding hydrogens is 358 g/mol. The second-order valence-electron chi connectivity index (χ2n) is 7.73. The Kier molecular flexibility index (Phi) is 5.61. The molecule has 0 spiro atoms. The molecule has 0 bridgehead atoms. The summed E-state index contributed by atoms with van der Waals surface area (Å²) in [6.07, 6.45) is 4.75. The van der Waals surface area contributed by atoms with E-state index in [1.165, 1.54) is 6.20 Å². The molecule has 1 fully saturated rings. The molecule has 9 heteroatoms. The molecule has 1 saturated heterocycles. The molecule has 2 aromatic heterocycles. The highest BCUT2D eigenvalue weighted by Gasteiger charge is 2.29. The summed E-state index contributed by atoms with van der Waals surface area (Å²) in [7, 11) is 0. The second kappa shape index (κ2) is 7.94. The first-order chi connectivity index (χ1) is 13.3. The Morgan fingerprint density at radius 3 is 2.96 bits per heavy atom. The van der Waals surface area contributed by atoms with Crippen molar-refractivity contribution in [3.05, 3.63) is 29.7 Å². The zero-order valence-electron chi connectivity index (χ0n) is 16.4. The zero-order valence-corrected chi connectivity index (χ0v) is 16.4. The Balaban J connectivity index is 1.52. The molecule has 2 aromatic rings. The molecular formula is C19H25N7O2. The molecule has 0 aromatic carbocycles. The van der Waals surface area contributed by atoms with Crippen LogP contribution in [0.3, 0.4) is 0 Å². The SMILES string of the molecule is Cc1cc2ncc(C(=O)NCC(C)(C)NCC(=O)N3CCC[C@@H]3C#N)cn2n1. The van der Waals surface area contributed by atoms with Crippen LogP contribution in [0.25, 0.3) is 5.65 Å². The van der Waals surface area contributed by atoms with Gasteiger partial charge >= 0.3 is 0 Å². The molecule has 2 N–H and O–H groups in total. The summed E-state index contributed by atoms with van der Waals surface area (Å²) in [6, 6.07) is 3.68. The molecule has 28 heavy (non-hydrogen) atoms. The van der Waals surface area contributed by atoms with Crippen LogP contribution in [-0.2, 0) is 4.79 Å². The predicted molar refractivity (Wildman–Crippen MR) is 102 cm³/mol. The molecule has 0 saturated carbocycles. The molecule has 0 aliphatic carbocycles. The van der Waals surface area contributed by atoms with Gasteiger partial charge in [0.25, 0.3) is 5.91 Å². The maximum Gasteiger partial charge on any atom is 0.254 e. The van der Waals surface area contributed by atoms with Gasteiger partial charge in [-0.15, -0.1) is 0 Å². The molecule has 9 nitrogen and oxygen atoms in total. The third-order valence-electron chi connectivity index (χ3n) is 4.83. The van der Waals surface area contributed by atoms with E-state index in [1.807, 2.05) is 26.8 Å². The zero-order chi connectivity index (χ0) is 20.3. The first kappa shape index (κ1) is 19.8. The molecule has 0 radical (unpaired) electrons. The van der Waals surface area contributed by atoms with Crippen LogP contribution in [0, 0.1) is 18.3 Å². The molecule has 148 valence electrons. The van der Waals surface area contributed by atoms with Gasteiger partial charge in [0.1, 0.15) is 6.04 Å². The van der Waals surface area contributed by atoms with E-state index in [4.69, 9.17) is 5.26 Å². The van der Waals surface area contributed by atoms with Crippen LogP contribution in [0.15, 0.2) is 18.5 Å². The van der Waals surface area contributed by atoms with Gasteiger partial charge in [0.2, 0.25) is 5.91 Å². The van der Waals surface area contributed by atoms with E-state index in [2.05, 4.69) is 26.8 Å². The van der Waals surface area contributed by atoms with Crippen molar-refractivity contribution in [3.63, 3.8) is 0 Å². The highest BCUT2D eigenvalue weighted by Crippen LogP contribution is 2.16. The van der Waals surface area contributed by atoms with Crippen molar-refractivity contribution in [2.75, 3.05) is 19.6 Å². The summed E-state index contributed by atoms with van der Waals surface area (Å²) in [5.41, 5.74) is 1.44. The summed E-state index contributed by atoms with van der Waals surface area (Å²) in [5, 5.41) is 19.4. The van der Waals surface area contributed by atoms with Gasteiger partial charge in [-0.05, 0) is 33.6 Å². The molecule has 1 atom stereocenters. The normalized spacial score (nSPS) is 16.9. The van der Waals surface area contributed by atoms with Crippen LogP contribution in [-0.4, -0.2) is 62.5 Å². The summed E-state index contributed by atoms with van der Waals surface area (Å²) in [6.45, 7) is 6.76. The van der Waals surface area contributed by atoms with E-state index >= 15 is 0 Å². The number of nitriles is 1. The Morgan fingerprint density at radius 1 is 1.43 bits per heavy atom. The van der Waals surface area contributed by atoms with Crippen molar-refractivity contribution in [2.45, 2.75) is 45.2 Å². The summed E-state index contributed by atoms with van der Waals surface area (Å²) in [4.78, 5) is 30.6. The number of likely N-dealkylation sites (tertiary alicyclic amines) is 1. The third kappa shape index (κ3) is 4.46. The lowest BCUT2D eigenvalue weighted by molar-refractivity contribution is -0.130. The molecule has 1 aliphatic rings. The molecule has 3 rings (SSSR count). The number of nitrogens with zero attached hydrogens (tertiary/aromatic N) is 5. The average Bonchev–Trinajstić information content (AvgIpc) is 3.28. The summed E-state index contributed by atoms with van der Waals surface area (Å²) < 4.78 is 1.58. The minimum atomic E-state index is -0.493. The third-order valence-corrected chi connectivity index (χ3v) is 4.83. The minimum Gasteiger partial charge on any atom is -0.350 e. The number of fused-ring (bicyclic) bond motifs is 1. The monoisotopic (exact) mass is 383 g/mol. The lowest BCUT2D eigenvalue weighted by Gasteiger charge is -2.28. The molecule has 2 amide bonds. The van der Waals surface area contributed by atoms with Crippen LogP contribution in [0.5, 0.6) is 0 Å². The number of carbonyl (C=O) groups excluding carboxylic acids is 2. The van der Waals surface area contributed by atoms with Gasteiger partial charge in [0.05, 0.1) is 23.9 Å². The van der Waals surface area contributed by atoms with Crippen LogP contribution in [0.4, 0.5) is 0 Å². The average molecular weight is 383 g/mol. The number of amides is 2. The van der Waals surface area contributed by atoms with Crippen molar-refractivity contribution in [1.82, 2.24) is 30.1 Å². The lowest BCUT2D eigenvalue weighted by atomic mass is 10.1. The topological polar surface area (TPSA) is 115 Å². The quantitative estimate of drug-likeness (QED) is 0.757. The van der Waals surface area contributed by atoms with Crippen molar-refractivity contribution >= 4 is 17.5 Å². The van der Waals surface area contributed by atoms with Gasteiger partial charge in [-0.2, -0.15) is 10.4 Å². The van der Waals surface area contributed by atoms with Crippen LogP contribution >= 0.6 is 0 Å². The Hall–Kier alpha value is -2.99. The number of hydrogen-bond acceptors (Lipinski definition) is 6. The van der Waals surface area contributed by atoms with E-state index in [1.54, 1.807) is 15.6 Å². The first-order valence-electron chi connectivity index (χ1n) is 9.33. The fourth-order valence-corrected chi connectivity index (χ4v) is 3.19. The maximum absolute atomic E-state index is 12.4. The highest BCUT2D eigenvalue weighted by atomic mass is 16.2. The number of aryl methyl sites for hydroxylation is 1. The summed E-state index contributed by atoms with van der Waals surface area (Å²) in [5.74, 6) is -0.347. The first-order valence-corrected chi connectivity index (χ1v) is 9.33. The van der Waals surface area contributed by atoms with Crippen molar-refractivity contribution in [2.24, 2.45) is 0 Å². The molecule has 3 heterocycles. The van der Waals surface area contributed by atoms with Gasteiger partial charge in [-0.25, -0.2) is 9.50 Å². The largest absolute Gasteiger partial charge is 0.350 e. The van der Waals surface area contributed by atoms with Crippen molar-refractivity contribution < 1.29 is 9.59 Å². The summed E-state index contributed by atoms with van der Waals surface area (Å²) >= 11 is 0. The van der Waals surface area contributed by atoms with E-state index in [0.717, 1.165) is 18.5 Å². The minimum absolute atomic E-state index is 0.0906. The maximum atomic E-state index is 12.4. The van der Waals surface area contributed by atoms with Gasteiger partial charge in [-0.1, -0.05) is 0 Å². The van der Waals surface area contributed by atoms with Gasteiger partial charge in [0, 0.05) is 37.1 Å². The Bertz CT molecular complexity index is 928. The van der Waals surface area contributed by atoms with E-state index in [0.29, 0.717) is 24.3 Å². The number of aromatic nitrogens is 3. The van der Waals surface area contributed by atoms with E-state index in [9.17, 15) is 9.59 Å². The fraction of sp³-hybridized carbons (Fsp3) is 0.526. The van der Waals surface area contributed by atoms with Gasteiger partial charge in [0.15, 0.2) is 5.65 Å². The second-order valence-corrected chi connectivity index (χ2v) is 7.73. The predicted octanol–water partition coefficient (Wildman–Crippen LogP) is 0.650. The van der Waals surface area contributed by atoms with Crippen LogP contribution < -0.4 is 10.6 Å². The fourth-order valence-electron chi connectivity index (χ4n) is 3.19. The van der Waals surface area contributed by atoms with Gasteiger partial charge < -0.3 is 15.5 Å². The van der Waals surface area contributed by atoms with E-state index in [-0.39, 0.29) is 24.4 Å². The van der Waals surface area contributed by atoms with Crippen LogP contribution in [0.2, 0.25) is 0 Å². The number of carbonyl (C=O) groups is 2. The number of rotatable bonds is 6. The molecule has 0 unspecified atom stereocenters. The molecule has 1 aliphatic heterocycles.